The van der Waals surface area contributed by atoms with Crippen LogP contribution in [0.4, 0.5) is 16.0 Å². The Bertz CT molecular complexity index is 1320. The minimum Gasteiger partial charge on any atom is -0.494 e. The molecule has 1 fully saturated rings. The van der Waals surface area contributed by atoms with Gasteiger partial charge in [-0.05, 0) is 32.8 Å². The fourth-order valence-electron chi connectivity index (χ4n) is 4.37. The van der Waals surface area contributed by atoms with E-state index in [0.29, 0.717) is 34.7 Å². The number of benzene rings is 1. The lowest BCUT2D eigenvalue weighted by atomic mass is 9.97. The van der Waals surface area contributed by atoms with E-state index in [9.17, 15) is 9.50 Å². The molecule has 0 spiro atoms. The lowest BCUT2D eigenvalue weighted by Gasteiger charge is -2.32. The number of rotatable bonds is 5. The van der Waals surface area contributed by atoms with Crippen molar-refractivity contribution in [2.45, 2.75) is 44.8 Å². The van der Waals surface area contributed by atoms with Crippen LogP contribution in [0.1, 0.15) is 44.5 Å². The third-order valence-corrected chi connectivity index (χ3v) is 6.42. The number of piperidine rings is 1. The normalized spacial score (nSPS) is 18.7. The zero-order chi connectivity index (χ0) is 23.3. The Kier molecular flexibility index (Phi) is 5.28. The zero-order valence-electron chi connectivity index (χ0n) is 18.8. The Morgan fingerprint density at radius 2 is 2.09 bits per heavy atom. The number of nitrogens with zero attached hydrogens (tertiary/aromatic N) is 7. The van der Waals surface area contributed by atoms with Gasteiger partial charge < -0.3 is 20.5 Å². The Balaban J connectivity index is 1.48. The van der Waals surface area contributed by atoms with E-state index in [1.54, 1.807) is 11.6 Å². The Hall–Kier alpha value is -3.47. The van der Waals surface area contributed by atoms with E-state index in [2.05, 4.69) is 20.1 Å². The van der Waals surface area contributed by atoms with Crippen molar-refractivity contribution in [2.24, 2.45) is 0 Å². The van der Waals surface area contributed by atoms with Gasteiger partial charge in [0.1, 0.15) is 17.1 Å². The van der Waals surface area contributed by atoms with Gasteiger partial charge in [0.25, 0.3) is 0 Å². The maximum absolute atomic E-state index is 14.2. The van der Waals surface area contributed by atoms with Crippen LogP contribution in [-0.2, 0) is 0 Å². The van der Waals surface area contributed by atoms with Crippen LogP contribution in [0.5, 0.6) is 5.75 Å². The van der Waals surface area contributed by atoms with Gasteiger partial charge >= 0.3 is 0 Å². The van der Waals surface area contributed by atoms with Crippen molar-refractivity contribution in [3.8, 4) is 5.75 Å². The monoisotopic (exact) mass is 454 g/mol. The number of nitrogens with two attached hydrogens (primary N) is 1. The third-order valence-electron chi connectivity index (χ3n) is 6.42. The number of aliphatic hydroxyl groups is 1. The van der Waals surface area contributed by atoms with Crippen molar-refractivity contribution in [1.29, 1.82) is 0 Å². The second kappa shape index (κ2) is 8.14. The summed E-state index contributed by atoms with van der Waals surface area (Å²) in [5.41, 5.74) is 8.06. The molecule has 10 nitrogen and oxygen atoms in total. The minimum atomic E-state index is -0.494. The lowest BCUT2D eigenvalue weighted by Crippen LogP contribution is -2.34. The topological polar surface area (TPSA) is 120 Å². The summed E-state index contributed by atoms with van der Waals surface area (Å²) in [6.07, 6.45) is 5.18. The van der Waals surface area contributed by atoms with Gasteiger partial charge in [-0.1, -0.05) is 0 Å². The van der Waals surface area contributed by atoms with Crippen LogP contribution >= 0.6 is 0 Å². The third kappa shape index (κ3) is 3.71. The Morgan fingerprint density at radius 3 is 2.85 bits per heavy atom. The van der Waals surface area contributed by atoms with E-state index in [0.717, 1.165) is 25.1 Å². The molecule has 11 heteroatoms. The minimum absolute atomic E-state index is 0.0705. The van der Waals surface area contributed by atoms with E-state index in [4.69, 9.17) is 15.5 Å². The second-order valence-corrected chi connectivity index (χ2v) is 8.62. The van der Waals surface area contributed by atoms with Gasteiger partial charge in [0.2, 0.25) is 5.95 Å². The average molecular weight is 455 g/mol. The number of anilines is 2. The first kappa shape index (κ1) is 21.4. The summed E-state index contributed by atoms with van der Waals surface area (Å²) < 4.78 is 22.7. The van der Waals surface area contributed by atoms with E-state index in [1.807, 2.05) is 19.3 Å². The molecule has 3 atom stereocenters. The Labute approximate surface area is 189 Å². The molecule has 33 heavy (non-hydrogen) atoms. The van der Waals surface area contributed by atoms with Crippen LogP contribution in [0.3, 0.4) is 0 Å². The number of ether oxygens (including phenoxy) is 1. The highest BCUT2D eigenvalue weighted by Gasteiger charge is 2.27. The first-order valence-electron chi connectivity index (χ1n) is 11.0. The van der Waals surface area contributed by atoms with Crippen molar-refractivity contribution in [3.05, 3.63) is 36.2 Å². The van der Waals surface area contributed by atoms with Crippen LogP contribution in [0.25, 0.3) is 16.6 Å². The summed E-state index contributed by atoms with van der Waals surface area (Å²) in [7, 11) is 1.46. The van der Waals surface area contributed by atoms with Gasteiger partial charge in [-0.15, -0.1) is 5.10 Å². The van der Waals surface area contributed by atoms with Crippen molar-refractivity contribution >= 4 is 28.2 Å². The molecule has 174 valence electrons. The number of hydrogen-bond donors (Lipinski definition) is 2. The number of fused-ring (bicyclic) bond motifs is 3. The average Bonchev–Trinajstić information content (AvgIpc) is 3.47. The number of halogens is 1. The van der Waals surface area contributed by atoms with Crippen LogP contribution in [0.2, 0.25) is 0 Å². The molecular weight excluding hydrogens is 427 g/mol. The van der Waals surface area contributed by atoms with E-state index in [-0.39, 0.29) is 17.9 Å². The standard InChI is InChI=1S/C22H27FN8O2/c1-12(13(2)32)30-11-16(9-25-30)29-6-4-5-14(10-29)20-27-21-17-7-15(23)8-18(33-3)19(17)26-22(24)31(21)28-20/h7-9,11-14,32H,4-6,10H2,1-3H3,(H2,24,26)/t12-,13+,14?/m1/s1. The van der Waals surface area contributed by atoms with E-state index < -0.39 is 11.9 Å². The molecule has 0 bridgehead atoms. The van der Waals surface area contributed by atoms with Crippen molar-refractivity contribution in [1.82, 2.24) is 29.4 Å². The largest absolute Gasteiger partial charge is 0.494 e. The summed E-state index contributed by atoms with van der Waals surface area (Å²) in [5, 5.41) is 19.4. The molecule has 1 aromatic carbocycles. The summed E-state index contributed by atoms with van der Waals surface area (Å²) in [6, 6.07) is 2.55. The van der Waals surface area contributed by atoms with Crippen molar-refractivity contribution < 1.29 is 14.2 Å². The smallest absolute Gasteiger partial charge is 0.223 e. The van der Waals surface area contributed by atoms with Gasteiger partial charge in [-0.2, -0.15) is 9.61 Å². The number of aliphatic hydroxyl groups excluding tert-OH is 1. The summed E-state index contributed by atoms with van der Waals surface area (Å²) in [5.74, 6) is 0.748. The molecule has 3 aromatic heterocycles. The molecule has 1 saturated heterocycles. The fraction of sp³-hybridized carbons (Fsp3) is 0.455. The van der Waals surface area contributed by atoms with Crippen LogP contribution in [0.15, 0.2) is 24.5 Å². The highest BCUT2D eigenvalue weighted by atomic mass is 19.1. The van der Waals surface area contributed by atoms with Gasteiger partial charge in [-0.25, -0.2) is 14.4 Å². The summed E-state index contributed by atoms with van der Waals surface area (Å²) in [4.78, 5) is 11.4. The van der Waals surface area contributed by atoms with Crippen molar-refractivity contribution in [3.63, 3.8) is 0 Å². The molecule has 0 aliphatic carbocycles. The molecule has 1 aliphatic rings. The molecule has 3 N–H and O–H groups in total. The number of nitrogen functional groups attached to an aromatic ring is 1. The molecule has 1 unspecified atom stereocenters. The van der Waals surface area contributed by atoms with Gasteiger partial charge in [0, 0.05) is 31.3 Å². The highest BCUT2D eigenvalue weighted by molar-refractivity contribution is 5.95. The van der Waals surface area contributed by atoms with Gasteiger partial charge in [0.15, 0.2) is 11.5 Å². The molecule has 1 aliphatic heterocycles. The summed E-state index contributed by atoms with van der Waals surface area (Å²) >= 11 is 0. The predicted molar refractivity (Wildman–Crippen MR) is 122 cm³/mol. The molecule has 0 amide bonds. The molecule has 0 saturated carbocycles. The maximum atomic E-state index is 14.2. The number of methoxy groups -OCH3 is 1. The van der Waals surface area contributed by atoms with Crippen LogP contribution in [0, 0.1) is 5.82 Å². The molecule has 4 heterocycles. The quantitative estimate of drug-likeness (QED) is 0.472. The van der Waals surface area contributed by atoms with Gasteiger partial charge in [-0.3, -0.25) is 4.68 Å². The lowest BCUT2D eigenvalue weighted by molar-refractivity contribution is 0.132. The summed E-state index contributed by atoms with van der Waals surface area (Å²) in [6.45, 7) is 5.30. The molecule has 4 aromatic rings. The molecular formula is C22H27FN8O2. The second-order valence-electron chi connectivity index (χ2n) is 8.62. The molecule has 0 radical (unpaired) electrons. The highest BCUT2D eigenvalue weighted by Crippen LogP contribution is 2.32. The molecule has 5 rings (SSSR count). The fourth-order valence-corrected chi connectivity index (χ4v) is 4.37. The van der Waals surface area contributed by atoms with Gasteiger partial charge in [0.05, 0.1) is 36.5 Å². The van der Waals surface area contributed by atoms with Crippen LogP contribution < -0.4 is 15.4 Å². The Morgan fingerprint density at radius 1 is 1.27 bits per heavy atom. The maximum Gasteiger partial charge on any atom is 0.223 e. The van der Waals surface area contributed by atoms with Crippen LogP contribution in [-0.4, -0.2) is 60.8 Å². The zero-order valence-corrected chi connectivity index (χ0v) is 18.8. The SMILES string of the molecule is COc1cc(F)cc2c1nc(N)n1nc(C3CCCN(c4cnn([C@H](C)[C@H](C)O)c4)C3)nc21. The number of aromatic nitrogens is 6. The van der Waals surface area contributed by atoms with E-state index >= 15 is 0 Å². The number of hydrogen-bond acceptors (Lipinski definition) is 8. The van der Waals surface area contributed by atoms with Crippen molar-refractivity contribution in [2.75, 3.05) is 30.8 Å². The first-order chi connectivity index (χ1) is 15.9. The van der Waals surface area contributed by atoms with E-state index in [1.165, 1.54) is 23.8 Å². The first-order valence-corrected chi connectivity index (χ1v) is 11.0. The predicted octanol–water partition coefficient (Wildman–Crippen LogP) is 2.53.